The monoisotopic (exact) mass is 242 g/mol. The molecule has 2 rings (SSSR count). The number of carboxylic acid groups (broad SMARTS) is 1. The Balaban J connectivity index is 2.02. The van der Waals surface area contributed by atoms with Crippen LogP contribution in [0.25, 0.3) is 0 Å². The number of carboxylic acids is 1. The highest BCUT2D eigenvalue weighted by molar-refractivity contribution is 7.13. The number of hydrogen-bond donors (Lipinski definition) is 1. The summed E-state index contributed by atoms with van der Waals surface area (Å²) in [5.74, 6) is -0.837. The molecule has 16 heavy (non-hydrogen) atoms. The lowest BCUT2D eigenvalue weighted by molar-refractivity contribution is -0.136. The van der Waals surface area contributed by atoms with Crippen LogP contribution in [0, 0.1) is 0 Å². The third kappa shape index (κ3) is 2.93. The van der Waals surface area contributed by atoms with Crippen molar-refractivity contribution in [3.63, 3.8) is 0 Å². The average molecular weight is 242 g/mol. The molecular weight excluding hydrogens is 228 g/mol. The van der Waals surface area contributed by atoms with Crippen molar-refractivity contribution >= 4 is 22.4 Å². The van der Waals surface area contributed by atoms with E-state index in [-0.39, 0.29) is 6.42 Å². The molecule has 0 bridgehead atoms. The average Bonchev–Trinajstić information content (AvgIpc) is 2.53. The number of anilines is 1. The van der Waals surface area contributed by atoms with Gasteiger partial charge in [-0.25, -0.2) is 4.98 Å². The van der Waals surface area contributed by atoms with Gasteiger partial charge in [-0.15, -0.1) is 11.3 Å². The molecule has 0 unspecified atom stereocenters. The summed E-state index contributed by atoms with van der Waals surface area (Å²) in [5, 5.41) is 11.4. The maximum Gasteiger partial charge on any atom is 0.309 e. The van der Waals surface area contributed by atoms with E-state index in [1.807, 2.05) is 5.38 Å². The van der Waals surface area contributed by atoms with Crippen LogP contribution in [-0.4, -0.2) is 42.4 Å². The molecule has 88 valence electrons. The van der Waals surface area contributed by atoms with Crippen LogP contribution in [0.15, 0.2) is 5.38 Å². The van der Waals surface area contributed by atoms with Gasteiger partial charge in [0.1, 0.15) is 0 Å². The van der Waals surface area contributed by atoms with E-state index in [1.54, 1.807) is 0 Å². The zero-order chi connectivity index (χ0) is 11.4. The van der Waals surface area contributed by atoms with E-state index in [0.29, 0.717) is 12.3 Å². The Morgan fingerprint density at radius 3 is 3.25 bits per heavy atom. The third-order valence-electron chi connectivity index (χ3n) is 2.36. The highest BCUT2D eigenvalue weighted by Gasteiger charge is 2.14. The fourth-order valence-electron chi connectivity index (χ4n) is 1.62. The maximum atomic E-state index is 10.5. The van der Waals surface area contributed by atoms with E-state index >= 15 is 0 Å². The lowest BCUT2D eigenvalue weighted by Crippen LogP contribution is -2.25. The Labute approximate surface area is 97.7 Å². The van der Waals surface area contributed by atoms with E-state index < -0.39 is 5.97 Å². The summed E-state index contributed by atoms with van der Waals surface area (Å²) in [6.07, 6.45) is 0.995. The predicted octanol–water partition coefficient (Wildman–Crippen LogP) is 0.997. The molecule has 0 saturated carbocycles. The normalized spacial score (nSPS) is 17.1. The summed E-state index contributed by atoms with van der Waals surface area (Å²) in [5.41, 5.74) is 0.637. The molecule has 0 spiro atoms. The SMILES string of the molecule is O=C(O)Cc1csc(N2CCCOCC2)n1. The van der Waals surface area contributed by atoms with Gasteiger partial charge in [0.2, 0.25) is 0 Å². The zero-order valence-electron chi connectivity index (χ0n) is 8.89. The summed E-state index contributed by atoms with van der Waals surface area (Å²) < 4.78 is 5.36. The number of aliphatic carboxylic acids is 1. The van der Waals surface area contributed by atoms with E-state index in [1.165, 1.54) is 11.3 Å². The number of nitrogens with zero attached hydrogens (tertiary/aromatic N) is 2. The van der Waals surface area contributed by atoms with E-state index in [9.17, 15) is 4.79 Å². The second-order valence-corrected chi connectivity index (χ2v) is 4.48. The predicted molar refractivity (Wildman–Crippen MR) is 61.1 cm³/mol. The summed E-state index contributed by atoms with van der Waals surface area (Å²) in [6.45, 7) is 3.28. The molecule has 1 aromatic rings. The molecule has 0 aliphatic carbocycles. The Kier molecular flexibility index (Phi) is 3.74. The Hall–Kier alpha value is -1.14. The molecule has 1 aliphatic heterocycles. The van der Waals surface area contributed by atoms with Crippen molar-refractivity contribution in [1.29, 1.82) is 0 Å². The van der Waals surface area contributed by atoms with Crippen molar-refractivity contribution in [2.45, 2.75) is 12.8 Å². The lowest BCUT2D eigenvalue weighted by Gasteiger charge is -2.17. The van der Waals surface area contributed by atoms with Gasteiger partial charge in [-0.3, -0.25) is 4.79 Å². The topological polar surface area (TPSA) is 62.7 Å². The number of rotatable bonds is 3. The fourth-order valence-corrected chi connectivity index (χ4v) is 2.49. The summed E-state index contributed by atoms with van der Waals surface area (Å²) >= 11 is 1.50. The molecule has 1 saturated heterocycles. The van der Waals surface area contributed by atoms with Crippen LogP contribution in [0.5, 0.6) is 0 Å². The van der Waals surface area contributed by atoms with Crippen LogP contribution in [0.1, 0.15) is 12.1 Å². The van der Waals surface area contributed by atoms with Gasteiger partial charge in [0, 0.05) is 25.1 Å². The van der Waals surface area contributed by atoms with Gasteiger partial charge < -0.3 is 14.7 Å². The first-order chi connectivity index (χ1) is 7.75. The minimum atomic E-state index is -0.837. The van der Waals surface area contributed by atoms with E-state index in [2.05, 4.69) is 9.88 Å². The van der Waals surface area contributed by atoms with Gasteiger partial charge in [-0.05, 0) is 6.42 Å². The fraction of sp³-hybridized carbons (Fsp3) is 0.600. The minimum absolute atomic E-state index is 0.000833. The van der Waals surface area contributed by atoms with Crippen LogP contribution in [0.2, 0.25) is 0 Å². The van der Waals surface area contributed by atoms with Crippen LogP contribution < -0.4 is 4.90 Å². The largest absolute Gasteiger partial charge is 0.481 e. The van der Waals surface area contributed by atoms with Crippen molar-refractivity contribution in [2.24, 2.45) is 0 Å². The zero-order valence-corrected chi connectivity index (χ0v) is 9.70. The Morgan fingerprint density at radius 1 is 1.56 bits per heavy atom. The maximum absolute atomic E-state index is 10.5. The molecule has 1 aromatic heterocycles. The molecule has 5 nitrogen and oxygen atoms in total. The van der Waals surface area contributed by atoms with Crippen molar-refractivity contribution in [3.8, 4) is 0 Å². The highest BCUT2D eigenvalue weighted by Crippen LogP contribution is 2.21. The van der Waals surface area contributed by atoms with Gasteiger partial charge in [-0.2, -0.15) is 0 Å². The number of hydrogen-bond acceptors (Lipinski definition) is 5. The summed E-state index contributed by atoms with van der Waals surface area (Å²) in [6, 6.07) is 0. The second-order valence-electron chi connectivity index (χ2n) is 3.64. The van der Waals surface area contributed by atoms with Crippen LogP contribution in [0.3, 0.4) is 0 Å². The second kappa shape index (κ2) is 5.27. The van der Waals surface area contributed by atoms with Gasteiger partial charge in [0.25, 0.3) is 0 Å². The number of thiazole rings is 1. The van der Waals surface area contributed by atoms with Gasteiger partial charge in [0.05, 0.1) is 18.7 Å². The first-order valence-corrected chi connectivity index (χ1v) is 6.12. The van der Waals surface area contributed by atoms with E-state index in [0.717, 1.165) is 31.2 Å². The summed E-state index contributed by atoms with van der Waals surface area (Å²) in [7, 11) is 0. The van der Waals surface area contributed by atoms with Crippen molar-refractivity contribution in [2.75, 3.05) is 31.2 Å². The van der Waals surface area contributed by atoms with Gasteiger partial charge >= 0.3 is 5.97 Å². The molecular formula is C10H14N2O3S. The quantitative estimate of drug-likeness (QED) is 0.856. The highest BCUT2D eigenvalue weighted by atomic mass is 32.1. The van der Waals surface area contributed by atoms with Crippen LogP contribution >= 0.6 is 11.3 Å². The number of carbonyl (C=O) groups is 1. The molecule has 1 N–H and O–H groups in total. The molecule has 1 aliphatic rings. The number of ether oxygens (including phenoxy) is 1. The van der Waals surface area contributed by atoms with Gasteiger partial charge in [0.15, 0.2) is 5.13 Å². The third-order valence-corrected chi connectivity index (χ3v) is 3.31. The lowest BCUT2D eigenvalue weighted by atomic mass is 10.3. The molecule has 0 aromatic carbocycles. The molecule has 0 amide bonds. The van der Waals surface area contributed by atoms with Crippen molar-refractivity contribution in [1.82, 2.24) is 4.98 Å². The van der Waals surface area contributed by atoms with Gasteiger partial charge in [-0.1, -0.05) is 0 Å². The first kappa shape index (κ1) is 11.3. The molecule has 2 heterocycles. The standard InChI is InChI=1S/C10H14N2O3S/c13-9(14)6-8-7-16-10(11-8)12-2-1-4-15-5-3-12/h7H,1-6H2,(H,13,14). The van der Waals surface area contributed by atoms with Crippen molar-refractivity contribution < 1.29 is 14.6 Å². The molecule has 1 fully saturated rings. The first-order valence-electron chi connectivity index (χ1n) is 5.24. The molecule has 0 radical (unpaired) electrons. The Morgan fingerprint density at radius 2 is 2.44 bits per heavy atom. The smallest absolute Gasteiger partial charge is 0.309 e. The molecule has 6 heteroatoms. The van der Waals surface area contributed by atoms with E-state index in [4.69, 9.17) is 9.84 Å². The Bertz CT molecular complexity index is 359. The molecule has 0 atom stereocenters. The van der Waals surface area contributed by atoms with Crippen LogP contribution in [0.4, 0.5) is 5.13 Å². The minimum Gasteiger partial charge on any atom is -0.481 e. The van der Waals surface area contributed by atoms with Crippen LogP contribution in [-0.2, 0) is 16.0 Å². The summed E-state index contributed by atoms with van der Waals surface area (Å²) in [4.78, 5) is 17.0. The van der Waals surface area contributed by atoms with Crippen molar-refractivity contribution in [3.05, 3.63) is 11.1 Å². The number of aromatic nitrogens is 1.